The van der Waals surface area contributed by atoms with Crippen LogP contribution >= 0.6 is 15.9 Å². The lowest BCUT2D eigenvalue weighted by Crippen LogP contribution is -1.95. The van der Waals surface area contributed by atoms with Crippen molar-refractivity contribution in [3.8, 4) is 11.5 Å². The Labute approximate surface area is 112 Å². The normalized spacial score (nSPS) is 11.4. The Kier molecular flexibility index (Phi) is 6.12. The fourth-order valence-corrected chi connectivity index (χ4v) is 2.08. The molecule has 0 N–H and O–H groups in total. The van der Waals surface area contributed by atoms with Gasteiger partial charge in [-0.1, -0.05) is 40.6 Å². The van der Waals surface area contributed by atoms with Crippen LogP contribution in [-0.2, 0) is 0 Å². The molecule has 94 valence electrons. The topological polar surface area (TPSA) is 18.5 Å². The zero-order valence-corrected chi connectivity index (χ0v) is 12.2. The van der Waals surface area contributed by atoms with E-state index < -0.39 is 0 Å². The number of methoxy groups -OCH3 is 1. The van der Waals surface area contributed by atoms with Gasteiger partial charge in [0, 0.05) is 5.33 Å². The van der Waals surface area contributed by atoms with E-state index in [1.807, 2.05) is 25.1 Å². The first-order chi connectivity index (χ1) is 8.24. The zero-order chi connectivity index (χ0) is 12.7. The fourth-order valence-electron chi connectivity index (χ4n) is 1.52. The molecule has 0 aliphatic rings. The maximum Gasteiger partial charge on any atom is 0.161 e. The standard InChI is InChI=1S/C14H19BrO2/c1-4-11(10-15)8-12-6-7-13(17-5-2)14(9-12)16-3/h6-9H,4-5,10H2,1-3H3. The highest BCUT2D eigenvalue weighted by atomic mass is 79.9. The molecule has 2 nitrogen and oxygen atoms in total. The molecule has 1 rings (SSSR count). The van der Waals surface area contributed by atoms with E-state index in [-0.39, 0.29) is 0 Å². The Bertz CT molecular complexity index is 380. The van der Waals surface area contributed by atoms with Crippen molar-refractivity contribution in [1.29, 1.82) is 0 Å². The molecule has 1 aromatic rings. The summed E-state index contributed by atoms with van der Waals surface area (Å²) in [7, 11) is 1.66. The van der Waals surface area contributed by atoms with Gasteiger partial charge in [0.05, 0.1) is 13.7 Å². The SMILES string of the molecule is CCOc1ccc(C=C(CC)CBr)cc1OC. The van der Waals surface area contributed by atoms with Crippen LogP contribution in [0.3, 0.4) is 0 Å². The highest BCUT2D eigenvalue weighted by Crippen LogP contribution is 2.29. The number of rotatable bonds is 6. The lowest BCUT2D eigenvalue weighted by molar-refractivity contribution is 0.311. The summed E-state index contributed by atoms with van der Waals surface area (Å²) in [6, 6.07) is 6.00. The van der Waals surface area contributed by atoms with Crippen LogP contribution in [0.15, 0.2) is 23.8 Å². The molecular formula is C14H19BrO2. The van der Waals surface area contributed by atoms with E-state index in [1.54, 1.807) is 7.11 Å². The summed E-state index contributed by atoms with van der Waals surface area (Å²) in [6.07, 6.45) is 3.22. The van der Waals surface area contributed by atoms with Crippen LogP contribution in [0.4, 0.5) is 0 Å². The van der Waals surface area contributed by atoms with Gasteiger partial charge >= 0.3 is 0 Å². The van der Waals surface area contributed by atoms with E-state index in [4.69, 9.17) is 9.47 Å². The lowest BCUT2D eigenvalue weighted by Gasteiger charge is -2.10. The lowest BCUT2D eigenvalue weighted by atomic mass is 10.1. The number of benzene rings is 1. The van der Waals surface area contributed by atoms with Crippen LogP contribution in [0, 0.1) is 0 Å². The van der Waals surface area contributed by atoms with Crippen molar-refractivity contribution in [2.75, 3.05) is 19.0 Å². The summed E-state index contributed by atoms with van der Waals surface area (Å²) in [5, 5.41) is 0.902. The van der Waals surface area contributed by atoms with Crippen LogP contribution in [0.2, 0.25) is 0 Å². The molecule has 1 aromatic carbocycles. The number of halogens is 1. The first kappa shape index (κ1) is 14.1. The first-order valence-electron chi connectivity index (χ1n) is 5.81. The molecule has 0 saturated carbocycles. The third-order valence-electron chi connectivity index (χ3n) is 2.48. The van der Waals surface area contributed by atoms with Crippen molar-refractivity contribution >= 4 is 22.0 Å². The predicted octanol–water partition coefficient (Wildman–Crippen LogP) is 4.28. The smallest absolute Gasteiger partial charge is 0.161 e. The van der Waals surface area contributed by atoms with Gasteiger partial charge in [-0.2, -0.15) is 0 Å². The molecule has 0 saturated heterocycles. The van der Waals surface area contributed by atoms with E-state index in [1.165, 1.54) is 5.57 Å². The molecule has 0 aromatic heterocycles. The van der Waals surface area contributed by atoms with Crippen LogP contribution in [0.1, 0.15) is 25.8 Å². The highest BCUT2D eigenvalue weighted by Gasteiger charge is 2.04. The Hall–Kier alpha value is -0.960. The second-order valence-corrected chi connectivity index (χ2v) is 4.19. The van der Waals surface area contributed by atoms with Gasteiger partial charge < -0.3 is 9.47 Å². The van der Waals surface area contributed by atoms with Gasteiger partial charge in [-0.15, -0.1) is 0 Å². The number of hydrogen-bond donors (Lipinski definition) is 0. The molecule has 0 spiro atoms. The van der Waals surface area contributed by atoms with Gasteiger partial charge in [0.1, 0.15) is 0 Å². The van der Waals surface area contributed by atoms with Gasteiger partial charge in [0.15, 0.2) is 11.5 Å². The maximum atomic E-state index is 5.49. The monoisotopic (exact) mass is 298 g/mol. The number of hydrogen-bond acceptors (Lipinski definition) is 2. The minimum Gasteiger partial charge on any atom is -0.493 e. The third-order valence-corrected chi connectivity index (χ3v) is 3.20. The highest BCUT2D eigenvalue weighted by molar-refractivity contribution is 9.09. The van der Waals surface area contributed by atoms with Crippen LogP contribution < -0.4 is 9.47 Å². The Morgan fingerprint density at radius 2 is 2.06 bits per heavy atom. The first-order valence-corrected chi connectivity index (χ1v) is 6.93. The molecule has 0 radical (unpaired) electrons. The molecule has 17 heavy (non-hydrogen) atoms. The van der Waals surface area contributed by atoms with E-state index in [0.717, 1.165) is 28.8 Å². The van der Waals surface area contributed by atoms with E-state index >= 15 is 0 Å². The molecular weight excluding hydrogens is 280 g/mol. The van der Waals surface area contributed by atoms with Crippen molar-refractivity contribution in [3.63, 3.8) is 0 Å². The van der Waals surface area contributed by atoms with Crippen molar-refractivity contribution < 1.29 is 9.47 Å². The quantitative estimate of drug-likeness (QED) is 0.730. The van der Waals surface area contributed by atoms with E-state index in [9.17, 15) is 0 Å². The van der Waals surface area contributed by atoms with Gasteiger partial charge in [0.25, 0.3) is 0 Å². The Morgan fingerprint density at radius 3 is 2.59 bits per heavy atom. The predicted molar refractivity (Wildman–Crippen MR) is 76.2 cm³/mol. The average molecular weight is 299 g/mol. The summed E-state index contributed by atoms with van der Waals surface area (Å²) in [6.45, 7) is 4.76. The molecule has 0 fully saturated rings. The average Bonchev–Trinajstić information content (AvgIpc) is 2.37. The van der Waals surface area contributed by atoms with Crippen molar-refractivity contribution in [2.24, 2.45) is 0 Å². The summed E-state index contributed by atoms with van der Waals surface area (Å²) in [5.74, 6) is 1.58. The van der Waals surface area contributed by atoms with Gasteiger partial charge in [-0.05, 0) is 31.0 Å². The maximum absolute atomic E-state index is 5.49. The van der Waals surface area contributed by atoms with Gasteiger partial charge in [0.2, 0.25) is 0 Å². The van der Waals surface area contributed by atoms with Crippen molar-refractivity contribution in [2.45, 2.75) is 20.3 Å². The van der Waals surface area contributed by atoms with Crippen LogP contribution in [0.25, 0.3) is 6.08 Å². The third kappa shape index (κ3) is 4.08. The van der Waals surface area contributed by atoms with E-state index in [0.29, 0.717) is 6.61 Å². The molecule has 3 heteroatoms. The second kappa shape index (κ2) is 7.38. The molecule has 0 aliphatic heterocycles. The minimum atomic E-state index is 0.646. The molecule has 0 heterocycles. The van der Waals surface area contributed by atoms with Gasteiger partial charge in [-0.3, -0.25) is 0 Å². The number of allylic oxidation sites excluding steroid dienone is 1. The Balaban J connectivity index is 3.00. The minimum absolute atomic E-state index is 0.646. The van der Waals surface area contributed by atoms with Gasteiger partial charge in [-0.25, -0.2) is 0 Å². The largest absolute Gasteiger partial charge is 0.493 e. The summed E-state index contributed by atoms with van der Waals surface area (Å²) >= 11 is 3.48. The van der Waals surface area contributed by atoms with Crippen molar-refractivity contribution in [1.82, 2.24) is 0 Å². The number of alkyl halides is 1. The molecule has 0 atom stereocenters. The van der Waals surface area contributed by atoms with Crippen LogP contribution in [-0.4, -0.2) is 19.0 Å². The summed E-state index contributed by atoms with van der Waals surface area (Å²) in [5.41, 5.74) is 2.50. The fraction of sp³-hybridized carbons (Fsp3) is 0.429. The summed E-state index contributed by atoms with van der Waals surface area (Å²) in [4.78, 5) is 0. The molecule has 0 amide bonds. The van der Waals surface area contributed by atoms with Crippen LogP contribution in [0.5, 0.6) is 11.5 Å². The summed E-state index contributed by atoms with van der Waals surface area (Å²) < 4.78 is 10.8. The number of ether oxygens (including phenoxy) is 2. The zero-order valence-electron chi connectivity index (χ0n) is 10.6. The Morgan fingerprint density at radius 1 is 1.29 bits per heavy atom. The van der Waals surface area contributed by atoms with Crippen molar-refractivity contribution in [3.05, 3.63) is 29.3 Å². The molecule has 0 aliphatic carbocycles. The van der Waals surface area contributed by atoms with E-state index in [2.05, 4.69) is 28.9 Å². The molecule has 0 bridgehead atoms. The molecule has 0 unspecified atom stereocenters. The second-order valence-electron chi connectivity index (χ2n) is 3.63.